The van der Waals surface area contributed by atoms with Crippen molar-refractivity contribution in [3.05, 3.63) is 36.0 Å². The predicted octanol–water partition coefficient (Wildman–Crippen LogP) is 1.91. The summed E-state index contributed by atoms with van der Waals surface area (Å²) in [7, 11) is 0. The van der Waals surface area contributed by atoms with Gasteiger partial charge >= 0.3 is 0 Å². The average molecular weight is 285 g/mol. The summed E-state index contributed by atoms with van der Waals surface area (Å²) >= 11 is 0. The van der Waals surface area contributed by atoms with Crippen molar-refractivity contribution in [3.63, 3.8) is 0 Å². The Balaban J connectivity index is 1.63. The number of carbonyl (C=O) groups excluding carboxylic acids is 2. The van der Waals surface area contributed by atoms with Gasteiger partial charge in [0.25, 0.3) is 5.91 Å². The van der Waals surface area contributed by atoms with Crippen LogP contribution in [-0.4, -0.2) is 40.8 Å². The summed E-state index contributed by atoms with van der Waals surface area (Å²) in [5, 5.41) is 4.04. The molecule has 0 saturated carbocycles. The number of nitrogens with zero attached hydrogens (tertiary/aromatic N) is 1. The molecule has 1 atom stereocenters. The number of likely N-dealkylation sites (tertiary alicyclic amines) is 1. The van der Waals surface area contributed by atoms with Gasteiger partial charge in [0.1, 0.15) is 0 Å². The maximum atomic E-state index is 12.2. The van der Waals surface area contributed by atoms with Crippen molar-refractivity contribution in [1.29, 1.82) is 0 Å². The van der Waals surface area contributed by atoms with E-state index >= 15 is 0 Å². The fourth-order valence-electron chi connectivity index (χ4n) is 2.77. The Bertz CT molecular complexity index is 677. The summed E-state index contributed by atoms with van der Waals surface area (Å²) in [6, 6.07) is 7.50. The zero-order valence-corrected chi connectivity index (χ0v) is 12.1. The number of H-pyrrole nitrogens is 1. The molecule has 0 aliphatic carbocycles. The fraction of sp³-hybridized carbons (Fsp3) is 0.375. The summed E-state index contributed by atoms with van der Waals surface area (Å²) in [5.74, 6) is 0.0783. The predicted molar refractivity (Wildman–Crippen MR) is 81.0 cm³/mol. The highest BCUT2D eigenvalue weighted by Crippen LogP contribution is 2.14. The van der Waals surface area contributed by atoms with Gasteiger partial charge in [-0.2, -0.15) is 0 Å². The van der Waals surface area contributed by atoms with Crippen LogP contribution in [0.1, 0.15) is 30.1 Å². The maximum Gasteiger partial charge on any atom is 0.251 e. The van der Waals surface area contributed by atoms with Crippen molar-refractivity contribution in [2.45, 2.75) is 25.8 Å². The first-order valence-corrected chi connectivity index (χ1v) is 7.29. The van der Waals surface area contributed by atoms with E-state index in [2.05, 4.69) is 10.3 Å². The lowest BCUT2D eigenvalue weighted by atomic mass is 10.1. The van der Waals surface area contributed by atoms with Crippen LogP contribution in [0.25, 0.3) is 10.9 Å². The van der Waals surface area contributed by atoms with E-state index in [0.29, 0.717) is 18.5 Å². The van der Waals surface area contributed by atoms with Crippen LogP contribution < -0.4 is 5.32 Å². The lowest BCUT2D eigenvalue weighted by Gasteiger charge is -2.21. The second kappa shape index (κ2) is 5.60. The number of hydrogen-bond acceptors (Lipinski definition) is 2. The topological polar surface area (TPSA) is 65.2 Å². The zero-order chi connectivity index (χ0) is 14.8. The molecule has 1 aromatic heterocycles. The number of aromatic nitrogens is 1. The van der Waals surface area contributed by atoms with Crippen LogP contribution in [0.4, 0.5) is 0 Å². The minimum absolute atomic E-state index is 0.0566. The second-order valence-electron chi connectivity index (χ2n) is 5.60. The maximum absolute atomic E-state index is 12.2. The molecule has 110 valence electrons. The van der Waals surface area contributed by atoms with E-state index in [1.54, 1.807) is 0 Å². The Kier molecular flexibility index (Phi) is 3.64. The number of benzene rings is 1. The lowest BCUT2D eigenvalue weighted by Crippen LogP contribution is -2.42. The van der Waals surface area contributed by atoms with Gasteiger partial charge in [-0.05, 0) is 36.9 Å². The minimum atomic E-state index is -0.106. The van der Waals surface area contributed by atoms with Crippen molar-refractivity contribution in [2.75, 3.05) is 13.1 Å². The van der Waals surface area contributed by atoms with E-state index in [0.717, 1.165) is 23.9 Å². The summed E-state index contributed by atoms with van der Waals surface area (Å²) in [6.07, 6.45) is 3.40. The standard InChI is InChI=1S/C16H19N3O2/c1-11(10-19-8-2-3-15(19)20)18-16(21)13-5-4-12-6-7-17-14(12)9-13/h4-7,9,11,17H,2-3,8,10H2,1H3,(H,18,21). The molecule has 2 heterocycles. The van der Waals surface area contributed by atoms with Crippen LogP contribution in [0, 0.1) is 0 Å². The van der Waals surface area contributed by atoms with Gasteiger partial charge in [0.15, 0.2) is 0 Å². The third-order valence-corrected chi connectivity index (χ3v) is 3.86. The highest BCUT2D eigenvalue weighted by atomic mass is 16.2. The number of aromatic amines is 1. The Labute approximate surface area is 123 Å². The normalized spacial score (nSPS) is 16.4. The van der Waals surface area contributed by atoms with Crippen molar-refractivity contribution in [1.82, 2.24) is 15.2 Å². The van der Waals surface area contributed by atoms with E-state index in [1.165, 1.54) is 0 Å². The molecule has 5 nitrogen and oxygen atoms in total. The van der Waals surface area contributed by atoms with Crippen molar-refractivity contribution in [2.24, 2.45) is 0 Å². The Hall–Kier alpha value is -2.30. The molecule has 1 aromatic carbocycles. The van der Waals surface area contributed by atoms with Gasteiger partial charge in [-0.15, -0.1) is 0 Å². The van der Waals surface area contributed by atoms with E-state index in [1.807, 2.05) is 42.3 Å². The fourth-order valence-corrected chi connectivity index (χ4v) is 2.77. The van der Waals surface area contributed by atoms with E-state index in [4.69, 9.17) is 0 Å². The Morgan fingerprint density at radius 3 is 3.05 bits per heavy atom. The average Bonchev–Trinajstić information content (AvgIpc) is 3.07. The van der Waals surface area contributed by atoms with Crippen LogP contribution in [0.3, 0.4) is 0 Å². The summed E-state index contributed by atoms with van der Waals surface area (Å²) in [5.41, 5.74) is 1.58. The quantitative estimate of drug-likeness (QED) is 0.901. The van der Waals surface area contributed by atoms with Crippen LogP contribution >= 0.6 is 0 Å². The monoisotopic (exact) mass is 285 g/mol. The molecule has 0 bridgehead atoms. The second-order valence-corrected chi connectivity index (χ2v) is 5.60. The van der Waals surface area contributed by atoms with Gasteiger partial charge in [0.2, 0.25) is 5.91 Å². The van der Waals surface area contributed by atoms with Crippen LogP contribution in [0.15, 0.2) is 30.5 Å². The number of nitrogens with one attached hydrogen (secondary N) is 2. The van der Waals surface area contributed by atoms with Crippen LogP contribution in [0.2, 0.25) is 0 Å². The molecule has 0 spiro atoms. The van der Waals surface area contributed by atoms with Gasteiger partial charge in [0.05, 0.1) is 0 Å². The van der Waals surface area contributed by atoms with Gasteiger partial charge in [-0.3, -0.25) is 9.59 Å². The molecular weight excluding hydrogens is 266 g/mol. The molecule has 1 aliphatic rings. The molecule has 2 amide bonds. The first-order valence-electron chi connectivity index (χ1n) is 7.29. The largest absolute Gasteiger partial charge is 0.361 e. The number of rotatable bonds is 4. The lowest BCUT2D eigenvalue weighted by molar-refractivity contribution is -0.127. The molecule has 1 unspecified atom stereocenters. The summed E-state index contributed by atoms with van der Waals surface area (Å²) in [4.78, 5) is 28.8. The smallest absolute Gasteiger partial charge is 0.251 e. The minimum Gasteiger partial charge on any atom is -0.361 e. The third-order valence-electron chi connectivity index (χ3n) is 3.86. The van der Waals surface area contributed by atoms with Crippen molar-refractivity contribution < 1.29 is 9.59 Å². The summed E-state index contributed by atoms with van der Waals surface area (Å²) in [6.45, 7) is 3.31. The molecule has 1 saturated heterocycles. The highest BCUT2D eigenvalue weighted by Gasteiger charge is 2.22. The number of hydrogen-bond donors (Lipinski definition) is 2. The first-order chi connectivity index (χ1) is 10.1. The molecule has 5 heteroatoms. The molecule has 2 aromatic rings. The number of carbonyl (C=O) groups is 2. The summed E-state index contributed by atoms with van der Waals surface area (Å²) < 4.78 is 0. The van der Waals surface area contributed by atoms with E-state index in [9.17, 15) is 9.59 Å². The molecule has 21 heavy (non-hydrogen) atoms. The molecule has 0 radical (unpaired) electrons. The molecule has 2 N–H and O–H groups in total. The van der Waals surface area contributed by atoms with Crippen molar-refractivity contribution in [3.8, 4) is 0 Å². The first kappa shape index (κ1) is 13.7. The Morgan fingerprint density at radius 2 is 2.29 bits per heavy atom. The zero-order valence-electron chi connectivity index (χ0n) is 12.1. The van der Waals surface area contributed by atoms with E-state index in [-0.39, 0.29) is 17.9 Å². The highest BCUT2D eigenvalue weighted by molar-refractivity contribution is 5.98. The third kappa shape index (κ3) is 2.91. The van der Waals surface area contributed by atoms with Crippen LogP contribution in [-0.2, 0) is 4.79 Å². The Morgan fingerprint density at radius 1 is 1.43 bits per heavy atom. The SMILES string of the molecule is CC(CN1CCCC1=O)NC(=O)c1ccc2cc[nH]c2c1. The van der Waals surface area contributed by atoms with Gasteiger partial charge in [-0.1, -0.05) is 6.07 Å². The molecular formula is C16H19N3O2. The number of amides is 2. The van der Waals surface area contributed by atoms with Gasteiger partial charge < -0.3 is 15.2 Å². The van der Waals surface area contributed by atoms with Crippen molar-refractivity contribution >= 4 is 22.7 Å². The molecule has 3 rings (SSSR count). The van der Waals surface area contributed by atoms with Crippen LogP contribution in [0.5, 0.6) is 0 Å². The van der Waals surface area contributed by atoms with Gasteiger partial charge in [0, 0.05) is 42.8 Å². The van der Waals surface area contributed by atoms with Gasteiger partial charge in [-0.25, -0.2) is 0 Å². The molecule has 1 fully saturated rings. The molecule has 1 aliphatic heterocycles. The number of fused-ring (bicyclic) bond motifs is 1. The van der Waals surface area contributed by atoms with E-state index < -0.39 is 0 Å².